The van der Waals surface area contributed by atoms with Crippen LogP contribution in [0.4, 0.5) is 0 Å². The second-order valence-electron chi connectivity index (χ2n) is 4.79. The van der Waals surface area contributed by atoms with Gasteiger partial charge in [0.1, 0.15) is 0 Å². The molecule has 1 aromatic carbocycles. The molecule has 0 radical (unpaired) electrons. The Hall–Kier alpha value is -0.280. The highest BCUT2D eigenvalue weighted by molar-refractivity contribution is 6.30. The molecule has 1 saturated heterocycles. The Morgan fingerprint density at radius 2 is 2.24 bits per heavy atom. The van der Waals surface area contributed by atoms with Crippen LogP contribution in [0.25, 0.3) is 0 Å². The lowest BCUT2D eigenvalue weighted by atomic mass is 9.94. The molecule has 1 heterocycles. The zero-order valence-electron chi connectivity index (χ0n) is 10.1. The molecule has 17 heavy (non-hydrogen) atoms. The van der Waals surface area contributed by atoms with Crippen molar-refractivity contribution in [1.82, 2.24) is 4.90 Å². The Labute approximate surface area is 115 Å². The van der Waals surface area contributed by atoms with Crippen LogP contribution in [0.1, 0.15) is 18.9 Å². The predicted octanol–water partition coefficient (Wildman–Crippen LogP) is 2.93. The van der Waals surface area contributed by atoms with E-state index in [1.807, 2.05) is 18.2 Å². The molecule has 2 rings (SSSR count). The summed E-state index contributed by atoms with van der Waals surface area (Å²) in [6.07, 6.45) is 1.10. The van der Waals surface area contributed by atoms with Crippen LogP contribution in [0, 0.1) is 5.92 Å². The lowest BCUT2D eigenvalue weighted by Crippen LogP contribution is -2.45. The molecule has 2 N–H and O–H groups in total. The average Bonchev–Trinajstić information content (AvgIpc) is 2.24. The van der Waals surface area contributed by atoms with Gasteiger partial charge in [0.2, 0.25) is 0 Å². The summed E-state index contributed by atoms with van der Waals surface area (Å²) in [5.41, 5.74) is 7.30. The number of nitrogens with two attached hydrogens (primary N) is 1. The van der Waals surface area contributed by atoms with Crippen molar-refractivity contribution in [2.45, 2.75) is 25.9 Å². The van der Waals surface area contributed by atoms with Crippen LogP contribution >= 0.6 is 24.0 Å². The third kappa shape index (κ3) is 4.14. The molecular formula is C13H20Cl2N2. The highest BCUT2D eigenvalue weighted by Crippen LogP contribution is 2.18. The molecule has 1 aliphatic heterocycles. The van der Waals surface area contributed by atoms with E-state index in [2.05, 4.69) is 17.9 Å². The third-order valence-corrected chi connectivity index (χ3v) is 3.59. The smallest absolute Gasteiger partial charge is 0.0409 e. The molecule has 0 bridgehead atoms. The van der Waals surface area contributed by atoms with Gasteiger partial charge in [-0.25, -0.2) is 0 Å². The van der Waals surface area contributed by atoms with Gasteiger partial charge in [-0.2, -0.15) is 0 Å². The Kier molecular flexibility index (Phi) is 5.74. The number of benzene rings is 1. The zero-order valence-corrected chi connectivity index (χ0v) is 11.7. The predicted molar refractivity (Wildman–Crippen MR) is 75.7 cm³/mol. The van der Waals surface area contributed by atoms with Crippen LogP contribution in [0.2, 0.25) is 5.02 Å². The molecular weight excluding hydrogens is 255 g/mol. The average molecular weight is 275 g/mol. The quantitative estimate of drug-likeness (QED) is 0.899. The van der Waals surface area contributed by atoms with Crippen molar-refractivity contribution in [1.29, 1.82) is 0 Å². The van der Waals surface area contributed by atoms with Crippen molar-refractivity contribution in [2.24, 2.45) is 11.7 Å². The molecule has 0 amide bonds. The maximum Gasteiger partial charge on any atom is 0.0409 e. The van der Waals surface area contributed by atoms with Crippen LogP contribution in [0.3, 0.4) is 0 Å². The number of halogens is 2. The molecule has 1 aliphatic rings. The van der Waals surface area contributed by atoms with Gasteiger partial charge in [0.25, 0.3) is 0 Å². The fraction of sp³-hybridized carbons (Fsp3) is 0.538. The fourth-order valence-electron chi connectivity index (χ4n) is 2.29. The van der Waals surface area contributed by atoms with Crippen molar-refractivity contribution in [3.63, 3.8) is 0 Å². The third-order valence-electron chi connectivity index (χ3n) is 3.35. The molecule has 2 atom stereocenters. The van der Waals surface area contributed by atoms with Crippen molar-refractivity contribution >= 4 is 24.0 Å². The van der Waals surface area contributed by atoms with E-state index in [0.29, 0.717) is 12.0 Å². The van der Waals surface area contributed by atoms with E-state index in [1.54, 1.807) is 0 Å². The molecule has 0 spiro atoms. The molecule has 2 nitrogen and oxygen atoms in total. The van der Waals surface area contributed by atoms with Gasteiger partial charge < -0.3 is 5.73 Å². The SMILES string of the molecule is CC1CN(Cc2cccc(Cl)c2)CCC1N.Cl. The second-order valence-corrected chi connectivity index (χ2v) is 5.23. The van der Waals surface area contributed by atoms with Gasteiger partial charge >= 0.3 is 0 Å². The summed E-state index contributed by atoms with van der Waals surface area (Å²) in [6, 6.07) is 8.47. The largest absolute Gasteiger partial charge is 0.327 e. The highest BCUT2D eigenvalue weighted by Gasteiger charge is 2.22. The molecule has 0 aliphatic carbocycles. The summed E-state index contributed by atoms with van der Waals surface area (Å²) in [5, 5.41) is 0.819. The van der Waals surface area contributed by atoms with Gasteiger partial charge in [0.05, 0.1) is 0 Å². The minimum absolute atomic E-state index is 0. The molecule has 0 aromatic heterocycles. The Balaban J connectivity index is 0.00000144. The molecule has 2 unspecified atom stereocenters. The normalized spacial score (nSPS) is 25.4. The molecule has 96 valence electrons. The molecule has 4 heteroatoms. The van der Waals surface area contributed by atoms with E-state index in [9.17, 15) is 0 Å². The fourth-order valence-corrected chi connectivity index (χ4v) is 2.50. The van der Waals surface area contributed by atoms with Crippen LogP contribution in [-0.2, 0) is 6.54 Å². The van der Waals surface area contributed by atoms with Crippen molar-refractivity contribution in [3.05, 3.63) is 34.9 Å². The van der Waals surface area contributed by atoms with Crippen LogP contribution in [0.5, 0.6) is 0 Å². The van der Waals surface area contributed by atoms with E-state index in [4.69, 9.17) is 17.3 Å². The summed E-state index contributed by atoms with van der Waals surface area (Å²) in [7, 11) is 0. The monoisotopic (exact) mass is 274 g/mol. The Morgan fingerprint density at radius 1 is 1.47 bits per heavy atom. The van der Waals surface area contributed by atoms with Gasteiger partial charge in [-0.05, 0) is 36.6 Å². The van der Waals surface area contributed by atoms with E-state index in [1.165, 1.54) is 5.56 Å². The lowest BCUT2D eigenvalue weighted by molar-refractivity contribution is 0.158. The van der Waals surface area contributed by atoms with E-state index in [-0.39, 0.29) is 12.4 Å². The first-order chi connectivity index (χ1) is 7.65. The van der Waals surface area contributed by atoms with Crippen molar-refractivity contribution in [2.75, 3.05) is 13.1 Å². The summed E-state index contributed by atoms with van der Waals surface area (Å²) in [5.74, 6) is 0.591. The number of piperidine rings is 1. The van der Waals surface area contributed by atoms with E-state index >= 15 is 0 Å². The van der Waals surface area contributed by atoms with Crippen molar-refractivity contribution < 1.29 is 0 Å². The number of hydrogen-bond acceptors (Lipinski definition) is 2. The van der Waals surface area contributed by atoms with Gasteiger partial charge in [0.15, 0.2) is 0 Å². The minimum Gasteiger partial charge on any atom is -0.327 e. The van der Waals surface area contributed by atoms with Crippen LogP contribution < -0.4 is 5.73 Å². The number of nitrogens with zero attached hydrogens (tertiary/aromatic N) is 1. The molecule has 1 aromatic rings. The van der Waals surface area contributed by atoms with E-state index in [0.717, 1.165) is 31.1 Å². The second kappa shape index (κ2) is 6.60. The van der Waals surface area contributed by atoms with Gasteiger partial charge in [-0.15, -0.1) is 12.4 Å². The maximum absolute atomic E-state index is 6.01. The first-order valence-electron chi connectivity index (χ1n) is 5.87. The Morgan fingerprint density at radius 3 is 2.88 bits per heavy atom. The summed E-state index contributed by atoms with van der Waals surface area (Å²) in [4.78, 5) is 2.46. The van der Waals surface area contributed by atoms with Gasteiger partial charge in [-0.3, -0.25) is 4.90 Å². The van der Waals surface area contributed by atoms with Crippen LogP contribution in [-0.4, -0.2) is 24.0 Å². The molecule has 1 fully saturated rings. The van der Waals surface area contributed by atoms with E-state index < -0.39 is 0 Å². The summed E-state index contributed by atoms with van der Waals surface area (Å²) >= 11 is 5.98. The number of hydrogen-bond donors (Lipinski definition) is 1. The Bertz CT molecular complexity index is 357. The zero-order chi connectivity index (χ0) is 11.5. The lowest BCUT2D eigenvalue weighted by Gasteiger charge is -2.35. The topological polar surface area (TPSA) is 29.3 Å². The summed E-state index contributed by atoms with van der Waals surface area (Å²) < 4.78 is 0. The molecule has 0 saturated carbocycles. The van der Waals surface area contributed by atoms with Gasteiger partial charge in [0, 0.05) is 24.2 Å². The standard InChI is InChI=1S/C13H19ClN2.ClH/c1-10-8-16(6-5-13(10)15)9-11-3-2-4-12(14)7-11;/h2-4,7,10,13H,5-6,8-9,15H2,1H3;1H. The van der Waals surface area contributed by atoms with Crippen molar-refractivity contribution in [3.8, 4) is 0 Å². The minimum atomic E-state index is 0. The number of likely N-dealkylation sites (tertiary alicyclic amines) is 1. The maximum atomic E-state index is 6.01. The van der Waals surface area contributed by atoms with Crippen LogP contribution in [0.15, 0.2) is 24.3 Å². The first kappa shape index (κ1) is 14.8. The highest BCUT2D eigenvalue weighted by atomic mass is 35.5. The number of rotatable bonds is 2. The first-order valence-corrected chi connectivity index (χ1v) is 6.25. The van der Waals surface area contributed by atoms with Gasteiger partial charge in [-0.1, -0.05) is 30.7 Å². The summed E-state index contributed by atoms with van der Waals surface area (Å²) in [6.45, 7) is 5.40.